The highest BCUT2D eigenvalue weighted by Gasteiger charge is 2.13. The molecule has 2 nitrogen and oxygen atoms in total. The molecule has 0 atom stereocenters. The summed E-state index contributed by atoms with van der Waals surface area (Å²) in [6.45, 7) is 0. The van der Waals surface area contributed by atoms with Gasteiger partial charge in [0, 0.05) is 40.6 Å². The van der Waals surface area contributed by atoms with E-state index in [0.717, 1.165) is 0 Å². The molecule has 0 amide bonds. The van der Waals surface area contributed by atoms with Crippen molar-refractivity contribution in [2.24, 2.45) is 7.05 Å². The molecule has 5 aromatic rings. The molecule has 0 saturated carbocycles. The highest BCUT2D eigenvalue weighted by Crippen LogP contribution is 2.34. The number of rotatable bonds is 1. The number of aromatic nitrogens is 2. The van der Waals surface area contributed by atoms with Gasteiger partial charge in [0.2, 0.25) is 0 Å². The van der Waals surface area contributed by atoms with Crippen molar-refractivity contribution in [1.29, 1.82) is 0 Å². The van der Waals surface area contributed by atoms with Crippen molar-refractivity contribution >= 4 is 32.7 Å². The molecule has 5 rings (SSSR count). The van der Waals surface area contributed by atoms with Gasteiger partial charge in [-0.25, -0.2) is 0 Å². The first-order valence-electron chi connectivity index (χ1n) is 7.87. The third-order valence-corrected chi connectivity index (χ3v) is 4.77. The van der Waals surface area contributed by atoms with Gasteiger partial charge in [0.25, 0.3) is 0 Å². The Labute approximate surface area is 134 Å². The van der Waals surface area contributed by atoms with Crippen LogP contribution in [0.25, 0.3) is 38.4 Å². The number of benzene rings is 3. The van der Waals surface area contributed by atoms with Crippen LogP contribution in [0.5, 0.6) is 0 Å². The first kappa shape index (κ1) is 12.5. The van der Waals surface area contributed by atoms with E-state index in [1.807, 2.05) is 0 Å². The van der Waals surface area contributed by atoms with E-state index in [0.29, 0.717) is 0 Å². The Morgan fingerprint density at radius 1 is 0.609 bits per heavy atom. The Kier molecular flexibility index (Phi) is 2.45. The van der Waals surface area contributed by atoms with Gasteiger partial charge in [-0.1, -0.05) is 42.5 Å². The molecule has 0 aliphatic carbocycles. The first-order chi connectivity index (χ1) is 11.3. The highest BCUT2D eigenvalue weighted by molar-refractivity contribution is 6.17. The molecular formula is C21H16N2. The molecule has 0 bridgehead atoms. The van der Waals surface area contributed by atoms with E-state index in [9.17, 15) is 0 Å². The smallest absolute Gasteiger partial charge is 0.0584 e. The molecule has 0 N–H and O–H groups in total. The normalized spacial score (nSPS) is 11.7. The number of nitrogens with zero attached hydrogens (tertiary/aromatic N) is 2. The van der Waals surface area contributed by atoms with Crippen LogP contribution in [0.3, 0.4) is 0 Å². The lowest BCUT2D eigenvalue weighted by atomic mass is 10.1. The largest absolute Gasteiger partial charge is 0.343 e. The minimum absolute atomic E-state index is 1.20. The zero-order valence-electron chi connectivity index (χ0n) is 12.9. The van der Waals surface area contributed by atoms with Crippen molar-refractivity contribution in [3.8, 4) is 5.69 Å². The topological polar surface area (TPSA) is 9.86 Å². The Morgan fingerprint density at radius 3 is 2.26 bits per heavy atom. The fourth-order valence-electron chi connectivity index (χ4n) is 3.71. The van der Waals surface area contributed by atoms with Gasteiger partial charge in [-0.3, -0.25) is 0 Å². The summed E-state index contributed by atoms with van der Waals surface area (Å²) in [4.78, 5) is 0. The van der Waals surface area contributed by atoms with Crippen molar-refractivity contribution in [3.05, 3.63) is 79.0 Å². The standard InChI is InChI=1S/C21H16N2/c1-22-19-10-6-5-9-16(19)17-11-12-20-18(21(17)22)13-14-23(20)15-7-3-2-4-8-15/h2-14H,1H3. The highest BCUT2D eigenvalue weighted by atomic mass is 15.0. The van der Waals surface area contributed by atoms with E-state index in [2.05, 4.69) is 95.2 Å². The lowest BCUT2D eigenvalue weighted by Gasteiger charge is -2.06. The zero-order chi connectivity index (χ0) is 15.4. The van der Waals surface area contributed by atoms with Gasteiger partial charge in [-0.2, -0.15) is 0 Å². The number of aryl methyl sites for hydroxylation is 1. The van der Waals surface area contributed by atoms with Gasteiger partial charge >= 0.3 is 0 Å². The molecule has 110 valence electrons. The van der Waals surface area contributed by atoms with Gasteiger partial charge in [0.15, 0.2) is 0 Å². The summed E-state index contributed by atoms with van der Waals surface area (Å²) in [6.07, 6.45) is 2.16. The molecule has 3 aromatic carbocycles. The van der Waals surface area contributed by atoms with Crippen LogP contribution >= 0.6 is 0 Å². The number of hydrogen-bond acceptors (Lipinski definition) is 0. The lowest BCUT2D eigenvalue weighted by molar-refractivity contribution is 1.02. The average Bonchev–Trinajstić information content (AvgIpc) is 3.16. The molecule has 0 spiro atoms. The third kappa shape index (κ3) is 1.63. The lowest BCUT2D eigenvalue weighted by Crippen LogP contribution is -1.91. The fourth-order valence-corrected chi connectivity index (χ4v) is 3.71. The predicted molar refractivity (Wildman–Crippen MR) is 97.3 cm³/mol. The summed E-state index contributed by atoms with van der Waals surface area (Å²) in [5.41, 5.74) is 5.02. The summed E-state index contributed by atoms with van der Waals surface area (Å²) in [5, 5.41) is 3.94. The molecule has 2 aromatic heterocycles. The fraction of sp³-hybridized carbons (Fsp3) is 0.0476. The van der Waals surface area contributed by atoms with Crippen LogP contribution in [0, 0.1) is 0 Å². The molecule has 0 radical (unpaired) electrons. The van der Waals surface area contributed by atoms with Crippen LogP contribution in [0.15, 0.2) is 79.0 Å². The maximum atomic E-state index is 2.31. The predicted octanol–water partition coefficient (Wildman–Crippen LogP) is 5.28. The van der Waals surface area contributed by atoms with Crippen LogP contribution in [-0.4, -0.2) is 9.13 Å². The van der Waals surface area contributed by atoms with Crippen LogP contribution in [0.1, 0.15) is 0 Å². The first-order valence-corrected chi connectivity index (χ1v) is 7.87. The van der Waals surface area contributed by atoms with Gasteiger partial charge in [0.1, 0.15) is 0 Å². The molecule has 0 fully saturated rings. The van der Waals surface area contributed by atoms with E-state index in [-0.39, 0.29) is 0 Å². The van der Waals surface area contributed by atoms with Gasteiger partial charge in [-0.15, -0.1) is 0 Å². The molecule has 0 aliphatic rings. The molecular weight excluding hydrogens is 280 g/mol. The molecule has 23 heavy (non-hydrogen) atoms. The van der Waals surface area contributed by atoms with Crippen LogP contribution < -0.4 is 0 Å². The van der Waals surface area contributed by atoms with Crippen LogP contribution in [-0.2, 0) is 7.05 Å². The quantitative estimate of drug-likeness (QED) is 0.398. The van der Waals surface area contributed by atoms with Gasteiger partial charge < -0.3 is 9.13 Å². The Morgan fingerprint density at radius 2 is 1.39 bits per heavy atom. The second-order valence-electron chi connectivity index (χ2n) is 5.99. The zero-order valence-corrected chi connectivity index (χ0v) is 12.9. The molecule has 0 saturated heterocycles. The average molecular weight is 296 g/mol. The van der Waals surface area contributed by atoms with Crippen molar-refractivity contribution in [2.45, 2.75) is 0 Å². The second kappa shape index (κ2) is 4.50. The minimum atomic E-state index is 1.20. The Balaban J connectivity index is 1.93. The maximum Gasteiger partial charge on any atom is 0.0584 e. The Bertz CT molecular complexity index is 1160. The summed E-state index contributed by atoms with van der Waals surface area (Å²) >= 11 is 0. The van der Waals surface area contributed by atoms with Gasteiger partial charge in [0.05, 0.1) is 11.0 Å². The van der Waals surface area contributed by atoms with Crippen LogP contribution in [0.4, 0.5) is 0 Å². The van der Waals surface area contributed by atoms with E-state index in [1.54, 1.807) is 0 Å². The van der Waals surface area contributed by atoms with Crippen molar-refractivity contribution < 1.29 is 0 Å². The van der Waals surface area contributed by atoms with Crippen molar-refractivity contribution in [1.82, 2.24) is 9.13 Å². The number of fused-ring (bicyclic) bond motifs is 5. The summed E-state index contributed by atoms with van der Waals surface area (Å²) in [6, 6.07) is 25.8. The minimum Gasteiger partial charge on any atom is -0.343 e. The van der Waals surface area contributed by atoms with E-state index < -0.39 is 0 Å². The SMILES string of the molecule is Cn1c2ccccc2c2ccc3c(ccn3-c3ccccc3)c21. The molecule has 2 heteroatoms. The monoisotopic (exact) mass is 296 g/mol. The third-order valence-electron chi connectivity index (χ3n) is 4.77. The van der Waals surface area contributed by atoms with Crippen molar-refractivity contribution in [2.75, 3.05) is 0 Å². The van der Waals surface area contributed by atoms with E-state index in [1.165, 1.54) is 38.4 Å². The summed E-state index contributed by atoms with van der Waals surface area (Å²) < 4.78 is 4.56. The van der Waals surface area contributed by atoms with Gasteiger partial charge in [-0.05, 0) is 30.3 Å². The second-order valence-corrected chi connectivity index (χ2v) is 5.99. The summed E-state index contributed by atoms with van der Waals surface area (Å²) in [7, 11) is 2.16. The maximum absolute atomic E-state index is 2.31. The van der Waals surface area contributed by atoms with E-state index >= 15 is 0 Å². The molecule has 2 heterocycles. The molecule has 0 aliphatic heterocycles. The van der Waals surface area contributed by atoms with E-state index in [4.69, 9.17) is 0 Å². The van der Waals surface area contributed by atoms with Crippen LogP contribution in [0.2, 0.25) is 0 Å². The number of para-hydroxylation sites is 2. The number of hydrogen-bond donors (Lipinski definition) is 0. The molecule has 0 unspecified atom stereocenters. The van der Waals surface area contributed by atoms with Crippen molar-refractivity contribution in [3.63, 3.8) is 0 Å². The summed E-state index contributed by atoms with van der Waals surface area (Å²) in [5.74, 6) is 0. The Hall–Kier alpha value is -3.00.